The number of aromatic nitrogens is 1. The second kappa shape index (κ2) is 8.31. The van der Waals surface area contributed by atoms with Gasteiger partial charge in [0, 0.05) is 22.2 Å². The predicted molar refractivity (Wildman–Crippen MR) is 108 cm³/mol. The van der Waals surface area contributed by atoms with Gasteiger partial charge in [-0.25, -0.2) is 4.98 Å². The van der Waals surface area contributed by atoms with Crippen LogP contribution in [0.3, 0.4) is 0 Å². The topological polar surface area (TPSA) is 71.5 Å². The number of carbonyl (C=O) groups excluding carboxylic acids is 2. The van der Waals surface area contributed by atoms with Crippen molar-refractivity contribution in [2.75, 3.05) is 11.6 Å². The van der Waals surface area contributed by atoms with Crippen molar-refractivity contribution in [3.05, 3.63) is 46.4 Å². The molecule has 0 radical (unpaired) electrons. The van der Waals surface area contributed by atoms with Crippen molar-refractivity contribution < 1.29 is 14.3 Å². The second-order valence-corrected chi connectivity index (χ2v) is 9.04. The first-order chi connectivity index (χ1) is 12.8. The van der Waals surface area contributed by atoms with E-state index in [0.29, 0.717) is 29.5 Å². The van der Waals surface area contributed by atoms with Crippen LogP contribution in [0.5, 0.6) is 5.75 Å². The van der Waals surface area contributed by atoms with Gasteiger partial charge < -0.3 is 15.0 Å². The first-order valence-electron chi connectivity index (χ1n) is 8.64. The van der Waals surface area contributed by atoms with Crippen LogP contribution in [0.15, 0.2) is 35.2 Å². The third kappa shape index (κ3) is 5.23. The molecule has 2 amide bonds. The highest BCUT2D eigenvalue weighted by molar-refractivity contribution is 7.99. The van der Waals surface area contributed by atoms with Crippen molar-refractivity contribution in [3.63, 3.8) is 0 Å². The van der Waals surface area contributed by atoms with Crippen LogP contribution in [-0.4, -0.2) is 44.9 Å². The van der Waals surface area contributed by atoms with E-state index in [4.69, 9.17) is 4.74 Å². The average Bonchev–Trinajstić information content (AvgIpc) is 3.29. The van der Waals surface area contributed by atoms with Crippen molar-refractivity contribution in [2.45, 2.75) is 39.0 Å². The monoisotopic (exact) mass is 405 g/mol. The summed E-state index contributed by atoms with van der Waals surface area (Å²) < 4.78 is 5.73. The quantitative estimate of drug-likeness (QED) is 0.827. The average molecular weight is 406 g/mol. The maximum absolute atomic E-state index is 13.0. The molecule has 3 rings (SSSR count). The van der Waals surface area contributed by atoms with Crippen LogP contribution in [0.4, 0.5) is 0 Å². The smallest absolute Gasteiger partial charge is 0.255 e. The van der Waals surface area contributed by atoms with Crippen molar-refractivity contribution in [2.24, 2.45) is 0 Å². The van der Waals surface area contributed by atoms with Gasteiger partial charge in [0.15, 0.2) is 0 Å². The molecular formula is C19H23N3O3S2. The van der Waals surface area contributed by atoms with Crippen molar-refractivity contribution >= 4 is 34.9 Å². The van der Waals surface area contributed by atoms with E-state index < -0.39 is 6.04 Å². The fraction of sp³-hybridized carbons (Fsp3) is 0.421. The number of nitrogens with one attached hydrogen (secondary N) is 1. The van der Waals surface area contributed by atoms with Gasteiger partial charge in [-0.05, 0) is 39.0 Å². The SMILES string of the molecule is CC(C)(C)NC(=O)C1CSCN1C(=O)c1cccc(OCc2cscn2)c1. The second-order valence-electron chi connectivity index (χ2n) is 7.33. The number of benzene rings is 1. The Bertz CT molecular complexity index is 803. The van der Waals surface area contributed by atoms with Gasteiger partial charge in [0.05, 0.1) is 17.1 Å². The molecule has 144 valence electrons. The molecule has 0 saturated carbocycles. The van der Waals surface area contributed by atoms with E-state index in [9.17, 15) is 9.59 Å². The van der Waals surface area contributed by atoms with E-state index in [1.54, 1.807) is 40.4 Å². The highest BCUT2D eigenvalue weighted by Crippen LogP contribution is 2.25. The normalized spacial score (nSPS) is 17.0. The van der Waals surface area contributed by atoms with Gasteiger partial charge in [-0.2, -0.15) is 0 Å². The number of amides is 2. The molecule has 1 N–H and O–H groups in total. The Hall–Kier alpha value is -2.06. The van der Waals surface area contributed by atoms with Crippen LogP contribution in [0, 0.1) is 0 Å². The zero-order valence-corrected chi connectivity index (χ0v) is 17.2. The number of thiazole rings is 1. The van der Waals surface area contributed by atoms with Gasteiger partial charge in [0.1, 0.15) is 18.4 Å². The summed E-state index contributed by atoms with van der Waals surface area (Å²) in [6.07, 6.45) is 0. The fourth-order valence-electron chi connectivity index (χ4n) is 2.66. The highest BCUT2D eigenvalue weighted by atomic mass is 32.2. The Morgan fingerprint density at radius 3 is 2.89 bits per heavy atom. The minimum Gasteiger partial charge on any atom is -0.487 e. The molecule has 0 spiro atoms. The van der Waals surface area contributed by atoms with Gasteiger partial charge in [-0.3, -0.25) is 9.59 Å². The van der Waals surface area contributed by atoms with Crippen LogP contribution in [-0.2, 0) is 11.4 Å². The lowest BCUT2D eigenvalue weighted by Gasteiger charge is -2.27. The molecule has 1 saturated heterocycles. The summed E-state index contributed by atoms with van der Waals surface area (Å²) in [6, 6.07) is 6.61. The van der Waals surface area contributed by atoms with E-state index in [0.717, 1.165) is 5.69 Å². The lowest BCUT2D eigenvalue weighted by Crippen LogP contribution is -2.52. The summed E-state index contributed by atoms with van der Waals surface area (Å²) in [6.45, 7) is 6.16. The number of rotatable bonds is 5. The van der Waals surface area contributed by atoms with E-state index in [1.807, 2.05) is 32.2 Å². The lowest BCUT2D eigenvalue weighted by atomic mass is 10.1. The minimum absolute atomic E-state index is 0.114. The maximum atomic E-state index is 13.0. The summed E-state index contributed by atoms with van der Waals surface area (Å²) in [5.41, 5.74) is 2.79. The summed E-state index contributed by atoms with van der Waals surface area (Å²) in [5.74, 6) is 1.44. The Labute approximate surface area is 167 Å². The van der Waals surface area contributed by atoms with E-state index in [1.165, 1.54) is 11.3 Å². The predicted octanol–water partition coefficient (Wildman–Crippen LogP) is 3.15. The van der Waals surface area contributed by atoms with Crippen LogP contribution in [0.1, 0.15) is 36.8 Å². The summed E-state index contributed by atoms with van der Waals surface area (Å²) in [4.78, 5) is 31.3. The zero-order valence-electron chi connectivity index (χ0n) is 15.6. The Kier molecular flexibility index (Phi) is 6.06. The van der Waals surface area contributed by atoms with Crippen LogP contribution >= 0.6 is 23.1 Å². The molecule has 6 nitrogen and oxygen atoms in total. The molecule has 1 aliphatic heterocycles. The van der Waals surface area contributed by atoms with Crippen molar-refractivity contribution in [3.8, 4) is 5.75 Å². The molecule has 2 heterocycles. The Morgan fingerprint density at radius 1 is 1.37 bits per heavy atom. The molecule has 1 aliphatic rings. The number of carbonyl (C=O) groups is 2. The molecule has 1 aromatic heterocycles. The van der Waals surface area contributed by atoms with E-state index >= 15 is 0 Å². The highest BCUT2D eigenvalue weighted by Gasteiger charge is 2.36. The third-order valence-electron chi connectivity index (χ3n) is 3.90. The summed E-state index contributed by atoms with van der Waals surface area (Å²) in [5, 5.41) is 4.89. The number of ether oxygens (including phenoxy) is 1. The van der Waals surface area contributed by atoms with Crippen molar-refractivity contribution in [1.82, 2.24) is 15.2 Å². The van der Waals surface area contributed by atoms with Gasteiger partial charge in [-0.15, -0.1) is 23.1 Å². The van der Waals surface area contributed by atoms with Crippen LogP contribution < -0.4 is 10.1 Å². The lowest BCUT2D eigenvalue weighted by molar-refractivity contribution is -0.125. The van der Waals surface area contributed by atoms with Crippen LogP contribution in [0.2, 0.25) is 0 Å². The first-order valence-corrected chi connectivity index (χ1v) is 10.7. The molecule has 27 heavy (non-hydrogen) atoms. The minimum atomic E-state index is -0.457. The molecular weight excluding hydrogens is 382 g/mol. The van der Waals surface area contributed by atoms with Crippen LogP contribution in [0.25, 0.3) is 0 Å². The summed E-state index contributed by atoms with van der Waals surface area (Å²) >= 11 is 3.10. The molecule has 1 aromatic carbocycles. The molecule has 1 unspecified atom stereocenters. The first kappa shape index (κ1) is 19.7. The van der Waals surface area contributed by atoms with Crippen molar-refractivity contribution in [1.29, 1.82) is 0 Å². The van der Waals surface area contributed by atoms with E-state index in [-0.39, 0.29) is 17.4 Å². The van der Waals surface area contributed by atoms with Gasteiger partial charge in [0.25, 0.3) is 5.91 Å². The third-order valence-corrected chi connectivity index (χ3v) is 5.54. The molecule has 0 bridgehead atoms. The number of thioether (sulfide) groups is 1. The summed E-state index contributed by atoms with van der Waals surface area (Å²) in [7, 11) is 0. The molecule has 2 aromatic rings. The number of hydrogen-bond donors (Lipinski definition) is 1. The molecule has 8 heteroatoms. The zero-order chi connectivity index (χ0) is 19.4. The van der Waals surface area contributed by atoms with E-state index in [2.05, 4.69) is 10.3 Å². The molecule has 1 atom stereocenters. The molecule has 0 aliphatic carbocycles. The fourth-order valence-corrected chi connectivity index (χ4v) is 4.36. The number of hydrogen-bond acceptors (Lipinski definition) is 6. The molecule has 1 fully saturated rings. The largest absolute Gasteiger partial charge is 0.487 e. The van der Waals surface area contributed by atoms with Gasteiger partial charge in [-0.1, -0.05) is 6.07 Å². The maximum Gasteiger partial charge on any atom is 0.255 e. The number of nitrogens with zero attached hydrogens (tertiary/aromatic N) is 2. The van der Waals surface area contributed by atoms with Gasteiger partial charge >= 0.3 is 0 Å². The standard InChI is InChI=1S/C19H23N3O3S2/c1-19(2,3)21-17(23)16-10-27-12-22(16)18(24)13-5-4-6-15(7-13)25-8-14-9-26-11-20-14/h4-7,9,11,16H,8,10,12H2,1-3H3,(H,21,23). The Balaban J connectivity index is 1.69. The Morgan fingerprint density at radius 2 is 2.19 bits per heavy atom. The van der Waals surface area contributed by atoms with Gasteiger partial charge in [0.2, 0.25) is 5.91 Å².